The minimum absolute atomic E-state index is 0.536. The van der Waals surface area contributed by atoms with Gasteiger partial charge in [0.15, 0.2) is 0 Å². The highest BCUT2D eigenvalue weighted by Crippen LogP contribution is 2.18. The third-order valence-electron chi connectivity index (χ3n) is 2.61. The molecule has 0 amide bonds. The maximum atomic E-state index is 5.73. The van der Waals surface area contributed by atoms with Gasteiger partial charge in [0.2, 0.25) is 0 Å². The lowest BCUT2D eigenvalue weighted by Gasteiger charge is -2.10. The molecule has 0 spiro atoms. The Morgan fingerprint density at radius 1 is 1.17 bits per heavy atom. The quantitative estimate of drug-likeness (QED) is 0.924. The third-order valence-corrected chi connectivity index (χ3v) is 3.04. The van der Waals surface area contributed by atoms with Gasteiger partial charge < -0.3 is 10.5 Å². The van der Waals surface area contributed by atoms with Crippen LogP contribution in [0.5, 0.6) is 5.75 Å². The van der Waals surface area contributed by atoms with E-state index in [2.05, 4.69) is 33.0 Å². The minimum atomic E-state index is 0.536. The minimum Gasteiger partial charge on any atom is -0.487 e. The summed E-state index contributed by atoms with van der Waals surface area (Å²) < 4.78 is 6.64. The fourth-order valence-corrected chi connectivity index (χ4v) is 2.07. The van der Waals surface area contributed by atoms with E-state index in [1.54, 1.807) is 12.4 Å². The summed E-state index contributed by atoms with van der Waals surface area (Å²) in [5.41, 5.74) is 8.01. The first kappa shape index (κ1) is 13.1. The summed E-state index contributed by atoms with van der Waals surface area (Å²) in [6.07, 6.45) is 4.31. The van der Waals surface area contributed by atoms with Gasteiger partial charge in [-0.1, -0.05) is 24.3 Å². The van der Waals surface area contributed by atoms with Crippen molar-refractivity contribution < 1.29 is 4.74 Å². The number of rotatable bonds is 5. The molecule has 2 rings (SSSR count). The molecule has 3 nitrogen and oxygen atoms in total. The second-order valence-corrected chi connectivity index (χ2v) is 4.85. The van der Waals surface area contributed by atoms with Crippen LogP contribution in [0.25, 0.3) is 0 Å². The van der Waals surface area contributed by atoms with Crippen molar-refractivity contribution in [2.24, 2.45) is 5.73 Å². The Bertz CT molecular complexity index is 517. The number of hydrogen-bond donors (Lipinski definition) is 1. The summed E-state index contributed by atoms with van der Waals surface area (Å²) in [6, 6.07) is 10.1. The van der Waals surface area contributed by atoms with Gasteiger partial charge in [-0.05, 0) is 46.1 Å². The summed E-state index contributed by atoms with van der Waals surface area (Å²) in [6.45, 7) is 1.18. The van der Waals surface area contributed by atoms with Crippen LogP contribution >= 0.6 is 15.9 Å². The van der Waals surface area contributed by atoms with Crippen molar-refractivity contribution in [1.82, 2.24) is 4.98 Å². The molecule has 0 fully saturated rings. The first-order chi connectivity index (χ1) is 8.79. The van der Waals surface area contributed by atoms with E-state index in [4.69, 9.17) is 10.5 Å². The van der Waals surface area contributed by atoms with E-state index in [0.717, 1.165) is 16.6 Å². The van der Waals surface area contributed by atoms with Gasteiger partial charge in [0.1, 0.15) is 12.4 Å². The van der Waals surface area contributed by atoms with Gasteiger partial charge in [-0.25, -0.2) is 0 Å². The van der Waals surface area contributed by atoms with Crippen LogP contribution < -0.4 is 10.5 Å². The van der Waals surface area contributed by atoms with Gasteiger partial charge in [0.05, 0.1) is 6.20 Å². The van der Waals surface area contributed by atoms with Gasteiger partial charge in [0, 0.05) is 10.7 Å². The molecule has 0 saturated heterocycles. The van der Waals surface area contributed by atoms with Crippen LogP contribution in [0, 0.1) is 0 Å². The van der Waals surface area contributed by atoms with Gasteiger partial charge in [-0.3, -0.25) is 4.98 Å². The Balaban J connectivity index is 2.06. The number of ether oxygens (including phenoxy) is 1. The molecule has 0 saturated carbocycles. The summed E-state index contributed by atoms with van der Waals surface area (Å²) in [5, 5.41) is 0. The predicted octanol–water partition coefficient (Wildman–Crippen LogP) is 2.92. The SMILES string of the molecule is NCCc1ccccc1COc1cncc(Br)c1. The van der Waals surface area contributed by atoms with Crippen molar-refractivity contribution in [2.45, 2.75) is 13.0 Å². The van der Waals surface area contributed by atoms with Gasteiger partial charge in [-0.15, -0.1) is 0 Å². The molecule has 4 heteroatoms. The van der Waals surface area contributed by atoms with E-state index < -0.39 is 0 Å². The number of halogens is 1. The molecule has 1 heterocycles. The summed E-state index contributed by atoms with van der Waals surface area (Å²) in [4.78, 5) is 4.06. The number of benzene rings is 1. The molecule has 18 heavy (non-hydrogen) atoms. The van der Waals surface area contributed by atoms with Crippen LogP contribution in [0.2, 0.25) is 0 Å². The normalized spacial score (nSPS) is 10.3. The van der Waals surface area contributed by atoms with Crippen molar-refractivity contribution >= 4 is 15.9 Å². The molecular formula is C14H15BrN2O. The van der Waals surface area contributed by atoms with Gasteiger partial charge in [-0.2, -0.15) is 0 Å². The largest absolute Gasteiger partial charge is 0.487 e. The molecule has 1 aromatic carbocycles. The van der Waals surface area contributed by atoms with E-state index in [1.165, 1.54) is 11.1 Å². The lowest BCUT2D eigenvalue weighted by molar-refractivity contribution is 0.303. The predicted molar refractivity (Wildman–Crippen MR) is 75.5 cm³/mol. The van der Waals surface area contributed by atoms with Crippen LogP contribution in [0.1, 0.15) is 11.1 Å². The Hall–Kier alpha value is -1.39. The molecule has 0 aliphatic rings. The first-order valence-electron chi connectivity index (χ1n) is 5.80. The average molecular weight is 307 g/mol. The smallest absolute Gasteiger partial charge is 0.139 e. The van der Waals surface area contributed by atoms with E-state index in [0.29, 0.717) is 13.2 Å². The highest BCUT2D eigenvalue weighted by atomic mass is 79.9. The van der Waals surface area contributed by atoms with Crippen molar-refractivity contribution in [3.63, 3.8) is 0 Å². The lowest BCUT2D eigenvalue weighted by atomic mass is 10.1. The fraction of sp³-hybridized carbons (Fsp3) is 0.214. The zero-order valence-corrected chi connectivity index (χ0v) is 11.6. The number of pyridine rings is 1. The van der Waals surface area contributed by atoms with Crippen molar-refractivity contribution in [3.05, 3.63) is 58.3 Å². The number of nitrogens with two attached hydrogens (primary N) is 1. The van der Waals surface area contributed by atoms with E-state index in [-0.39, 0.29) is 0 Å². The maximum Gasteiger partial charge on any atom is 0.139 e. The van der Waals surface area contributed by atoms with Crippen molar-refractivity contribution in [3.8, 4) is 5.75 Å². The van der Waals surface area contributed by atoms with Crippen molar-refractivity contribution in [2.75, 3.05) is 6.54 Å². The van der Waals surface area contributed by atoms with E-state index in [9.17, 15) is 0 Å². The summed E-state index contributed by atoms with van der Waals surface area (Å²) in [5.74, 6) is 0.756. The van der Waals surface area contributed by atoms with Gasteiger partial charge >= 0.3 is 0 Å². The molecule has 2 N–H and O–H groups in total. The molecule has 1 aromatic heterocycles. The molecule has 0 radical (unpaired) electrons. The summed E-state index contributed by atoms with van der Waals surface area (Å²) in [7, 11) is 0. The number of hydrogen-bond acceptors (Lipinski definition) is 3. The Morgan fingerprint density at radius 2 is 1.94 bits per heavy atom. The standard InChI is InChI=1S/C14H15BrN2O/c15-13-7-14(9-17-8-13)18-10-12-4-2-1-3-11(12)5-6-16/h1-4,7-9H,5-6,10,16H2. The molecule has 0 aliphatic heterocycles. The van der Waals surface area contributed by atoms with Crippen LogP contribution in [-0.2, 0) is 13.0 Å². The fourth-order valence-electron chi connectivity index (χ4n) is 1.73. The van der Waals surface area contributed by atoms with Gasteiger partial charge in [0.25, 0.3) is 0 Å². The molecule has 94 valence electrons. The Labute approximate surface area is 115 Å². The topological polar surface area (TPSA) is 48.1 Å². The zero-order chi connectivity index (χ0) is 12.8. The Morgan fingerprint density at radius 3 is 2.67 bits per heavy atom. The third kappa shape index (κ3) is 3.55. The first-order valence-corrected chi connectivity index (χ1v) is 6.59. The molecule has 2 aromatic rings. The Kier molecular flexibility index (Phi) is 4.73. The van der Waals surface area contributed by atoms with E-state index >= 15 is 0 Å². The highest BCUT2D eigenvalue weighted by molar-refractivity contribution is 9.10. The number of nitrogens with zero attached hydrogens (tertiary/aromatic N) is 1. The molecule has 0 atom stereocenters. The lowest BCUT2D eigenvalue weighted by Crippen LogP contribution is -2.07. The van der Waals surface area contributed by atoms with Crippen LogP contribution in [0.15, 0.2) is 47.2 Å². The molecule has 0 unspecified atom stereocenters. The van der Waals surface area contributed by atoms with Crippen molar-refractivity contribution in [1.29, 1.82) is 0 Å². The zero-order valence-electron chi connectivity index (χ0n) is 9.97. The van der Waals surface area contributed by atoms with E-state index in [1.807, 2.05) is 18.2 Å². The second-order valence-electron chi connectivity index (χ2n) is 3.93. The summed E-state index contributed by atoms with van der Waals surface area (Å²) >= 11 is 3.37. The molecular weight excluding hydrogens is 292 g/mol. The van der Waals surface area contributed by atoms with Crippen LogP contribution in [0.3, 0.4) is 0 Å². The average Bonchev–Trinajstić information content (AvgIpc) is 2.38. The van der Waals surface area contributed by atoms with Crippen LogP contribution in [0.4, 0.5) is 0 Å². The van der Waals surface area contributed by atoms with Crippen LogP contribution in [-0.4, -0.2) is 11.5 Å². The monoisotopic (exact) mass is 306 g/mol. The molecule has 0 aliphatic carbocycles. The number of aromatic nitrogens is 1. The highest BCUT2D eigenvalue weighted by Gasteiger charge is 2.02. The maximum absolute atomic E-state index is 5.73. The second kappa shape index (κ2) is 6.52. The molecule has 0 bridgehead atoms.